The van der Waals surface area contributed by atoms with Crippen LogP contribution in [0, 0.1) is 17.2 Å². The maximum atomic E-state index is 11.4. The third-order valence-corrected chi connectivity index (χ3v) is 2.64. The Bertz CT molecular complexity index is 532. The molecule has 2 amide bonds. The summed E-state index contributed by atoms with van der Waals surface area (Å²) in [4.78, 5) is 22.7. The summed E-state index contributed by atoms with van der Waals surface area (Å²) in [5.74, 6) is -0.276. The van der Waals surface area contributed by atoms with Crippen LogP contribution in [0.5, 0.6) is 5.75 Å². The van der Waals surface area contributed by atoms with Crippen molar-refractivity contribution in [3.63, 3.8) is 0 Å². The van der Waals surface area contributed by atoms with Gasteiger partial charge in [0.1, 0.15) is 11.8 Å². The lowest BCUT2D eigenvalue weighted by Gasteiger charge is -2.09. The van der Waals surface area contributed by atoms with Crippen LogP contribution in [0.15, 0.2) is 24.3 Å². The average Bonchev–Trinajstić information content (AvgIpc) is 3.27. The molecule has 0 aliphatic heterocycles. The molecule has 6 heteroatoms. The van der Waals surface area contributed by atoms with Crippen molar-refractivity contribution in [2.24, 2.45) is 5.92 Å². The van der Waals surface area contributed by atoms with E-state index in [4.69, 9.17) is 10.00 Å². The lowest BCUT2D eigenvalue weighted by Crippen LogP contribution is -2.44. The normalized spacial score (nSPS) is 13.2. The molecular weight excluding hydrogens is 246 g/mol. The van der Waals surface area contributed by atoms with E-state index >= 15 is 0 Å². The summed E-state index contributed by atoms with van der Waals surface area (Å²) in [6.07, 6.45) is 1.74. The number of carbonyl (C=O) groups is 2. The molecule has 2 rings (SSSR count). The molecule has 1 fully saturated rings. The predicted octanol–water partition coefficient (Wildman–Crippen LogP) is 0.494. The van der Waals surface area contributed by atoms with Crippen molar-refractivity contribution >= 4 is 11.8 Å². The van der Waals surface area contributed by atoms with Gasteiger partial charge in [0, 0.05) is 5.92 Å². The van der Waals surface area contributed by atoms with Gasteiger partial charge in [0.2, 0.25) is 5.91 Å². The fourth-order valence-corrected chi connectivity index (χ4v) is 1.44. The van der Waals surface area contributed by atoms with E-state index in [1.807, 2.05) is 6.07 Å². The van der Waals surface area contributed by atoms with Crippen molar-refractivity contribution in [1.82, 2.24) is 10.9 Å². The Morgan fingerprint density at radius 1 is 1.32 bits per heavy atom. The van der Waals surface area contributed by atoms with Gasteiger partial charge in [-0.25, -0.2) is 0 Å². The fraction of sp³-hybridized carbons (Fsp3) is 0.308. The molecule has 0 radical (unpaired) electrons. The largest absolute Gasteiger partial charge is 0.482 e. The number of para-hydroxylation sites is 1. The van der Waals surface area contributed by atoms with Gasteiger partial charge in [-0.05, 0) is 25.0 Å². The first-order valence-corrected chi connectivity index (χ1v) is 5.91. The Hall–Kier alpha value is -2.55. The van der Waals surface area contributed by atoms with Gasteiger partial charge in [0.25, 0.3) is 5.91 Å². The van der Waals surface area contributed by atoms with Gasteiger partial charge in [0.15, 0.2) is 6.61 Å². The second-order valence-electron chi connectivity index (χ2n) is 4.21. The number of ether oxygens (including phenoxy) is 1. The summed E-state index contributed by atoms with van der Waals surface area (Å²) in [6.45, 7) is -0.260. The van der Waals surface area contributed by atoms with Crippen molar-refractivity contribution in [3.05, 3.63) is 29.8 Å². The van der Waals surface area contributed by atoms with Gasteiger partial charge in [-0.15, -0.1) is 0 Å². The summed E-state index contributed by atoms with van der Waals surface area (Å²) in [5.41, 5.74) is 4.95. The number of hydrogen-bond acceptors (Lipinski definition) is 4. The smallest absolute Gasteiger partial charge is 0.276 e. The molecular formula is C13H13N3O3. The minimum atomic E-state index is -0.471. The summed E-state index contributed by atoms with van der Waals surface area (Å²) in [7, 11) is 0. The molecule has 19 heavy (non-hydrogen) atoms. The summed E-state index contributed by atoms with van der Waals surface area (Å²) in [5, 5.41) is 8.84. The molecule has 98 valence electrons. The van der Waals surface area contributed by atoms with E-state index < -0.39 is 5.91 Å². The van der Waals surface area contributed by atoms with Crippen LogP contribution >= 0.6 is 0 Å². The van der Waals surface area contributed by atoms with Crippen LogP contribution in [-0.4, -0.2) is 18.4 Å². The van der Waals surface area contributed by atoms with Crippen LogP contribution in [0.25, 0.3) is 0 Å². The van der Waals surface area contributed by atoms with Gasteiger partial charge in [-0.3, -0.25) is 20.4 Å². The van der Waals surface area contributed by atoms with Crippen LogP contribution in [0.1, 0.15) is 18.4 Å². The van der Waals surface area contributed by atoms with Gasteiger partial charge in [-0.2, -0.15) is 5.26 Å². The highest BCUT2D eigenvalue weighted by atomic mass is 16.5. The van der Waals surface area contributed by atoms with Crippen molar-refractivity contribution in [2.45, 2.75) is 12.8 Å². The number of nitrogens with zero attached hydrogens (tertiary/aromatic N) is 1. The summed E-state index contributed by atoms with van der Waals surface area (Å²) >= 11 is 0. The minimum Gasteiger partial charge on any atom is -0.482 e. The van der Waals surface area contributed by atoms with E-state index in [-0.39, 0.29) is 18.4 Å². The molecule has 0 atom stereocenters. The molecule has 1 aromatic carbocycles. The standard InChI is InChI=1S/C13H13N3O3/c14-7-10-3-1-2-4-11(10)19-8-12(17)15-16-13(18)9-5-6-9/h1-4,9H,5-6,8H2,(H,15,17)(H,16,18). The molecule has 0 heterocycles. The Morgan fingerprint density at radius 2 is 2.05 bits per heavy atom. The quantitative estimate of drug-likeness (QED) is 0.770. The van der Waals surface area contributed by atoms with Crippen LogP contribution in [0.4, 0.5) is 0 Å². The van der Waals surface area contributed by atoms with Crippen molar-refractivity contribution in [2.75, 3.05) is 6.61 Å². The molecule has 1 aliphatic carbocycles. The van der Waals surface area contributed by atoms with E-state index in [2.05, 4.69) is 10.9 Å². The van der Waals surface area contributed by atoms with E-state index in [0.29, 0.717) is 11.3 Å². The maximum Gasteiger partial charge on any atom is 0.276 e. The number of nitrogens with one attached hydrogen (secondary N) is 2. The molecule has 6 nitrogen and oxygen atoms in total. The molecule has 1 aromatic rings. The fourth-order valence-electron chi connectivity index (χ4n) is 1.44. The first-order valence-electron chi connectivity index (χ1n) is 5.91. The van der Waals surface area contributed by atoms with Crippen molar-refractivity contribution in [3.8, 4) is 11.8 Å². The van der Waals surface area contributed by atoms with E-state index in [0.717, 1.165) is 12.8 Å². The molecule has 0 unspecified atom stereocenters. The first kappa shape index (κ1) is 12.9. The average molecular weight is 259 g/mol. The Balaban J connectivity index is 1.76. The zero-order valence-electron chi connectivity index (χ0n) is 10.2. The molecule has 1 aliphatic rings. The first-order chi connectivity index (χ1) is 9.20. The van der Waals surface area contributed by atoms with Gasteiger partial charge in [-0.1, -0.05) is 12.1 Å². The Labute approximate surface area is 110 Å². The molecule has 0 spiro atoms. The Kier molecular flexibility index (Phi) is 3.98. The monoisotopic (exact) mass is 259 g/mol. The third kappa shape index (κ3) is 3.71. The predicted molar refractivity (Wildman–Crippen MR) is 65.7 cm³/mol. The second kappa shape index (κ2) is 5.87. The highest BCUT2D eigenvalue weighted by Crippen LogP contribution is 2.28. The number of amides is 2. The topological polar surface area (TPSA) is 91.2 Å². The van der Waals surface area contributed by atoms with Crippen LogP contribution < -0.4 is 15.6 Å². The van der Waals surface area contributed by atoms with Crippen molar-refractivity contribution in [1.29, 1.82) is 5.26 Å². The Morgan fingerprint density at radius 3 is 2.74 bits per heavy atom. The minimum absolute atomic E-state index is 0.0283. The maximum absolute atomic E-state index is 11.4. The summed E-state index contributed by atoms with van der Waals surface area (Å²) in [6, 6.07) is 8.59. The number of carbonyl (C=O) groups excluding carboxylic acids is 2. The lowest BCUT2D eigenvalue weighted by atomic mass is 10.2. The van der Waals surface area contributed by atoms with E-state index in [1.54, 1.807) is 24.3 Å². The highest BCUT2D eigenvalue weighted by Gasteiger charge is 2.29. The molecule has 1 saturated carbocycles. The second-order valence-corrected chi connectivity index (χ2v) is 4.21. The molecule has 2 N–H and O–H groups in total. The number of benzene rings is 1. The van der Waals surface area contributed by atoms with Gasteiger partial charge >= 0.3 is 0 Å². The van der Waals surface area contributed by atoms with Crippen LogP contribution in [-0.2, 0) is 9.59 Å². The van der Waals surface area contributed by atoms with Crippen molar-refractivity contribution < 1.29 is 14.3 Å². The van der Waals surface area contributed by atoms with Crippen LogP contribution in [0.2, 0.25) is 0 Å². The van der Waals surface area contributed by atoms with Gasteiger partial charge < -0.3 is 4.74 Å². The summed E-state index contributed by atoms with van der Waals surface area (Å²) < 4.78 is 5.21. The highest BCUT2D eigenvalue weighted by molar-refractivity contribution is 5.85. The zero-order valence-corrected chi connectivity index (χ0v) is 10.2. The number of hydrazine groups is 1. The van der Waals surface area contributed by atoms with Gasteiger partial charge in [0.05, 0.1) is 5.56 Å². The molecule has 0 saturated heterocycles. The molecule has 0 aromatic heterocycles. The SMILES string of the molecule is N#Cc1ccccc1OCC(=O)NNC(=O)C1CC1. The molecule has 0 bridgehead atoms. The lowest BCUT2D eigenvalue weighted by molar-refractivity contribution is -0.130. The number of hydrogen-bond donors (Lipinski definition) is 2. The third-order valence-electron chi connectivity index (χ3n) is 2.64. The van der Waals surface area contributed by atoms with E-state index in [1.165, 1.54) is 0 Å². The van der Waals surface area contributed by atoms with Crippen LogP contribution in [0.3, 0.4) is 0 Å². The zero-order chi connectivity index (χ0) is 13.7. The number of nitriles is 1. The number of rotatable bonds is 4. The van der Waals surface area contributed by atoms with E-state index in [9.17, 15) is 9.59 Å².